The zero-order valence-corrected chi connectivity index (χ0v) is 34.7. The van der Waals surface area contributed by atoms with Crippen molar-refractivity contribution < 1.29 is 20.1 Å². The maximum absolute atomic E-state index is 11.2. The van der Waals surface area contributed by atoms with Crippen molar-refractivity contribution in [2.75, 3.05) is 0 Å². The Morgan fingerprint density at radius 2 is 0.867 bits per heavy atom. The molecular formula is C56H50O4. The van der Waals surface area contributed by atoms with Gasteiger partial charge in [0.2, 0.25) is 0 Å². The molecule has 0 radical (unpaired) electrons. The van der Waals surface area contributed by atoms with E-state index in [2.05, 4.69) is 92.7 Å². The third-order valence-corrected chi connectivity index (χ3v) is 11.9. The molecule has 9 aromatic carbocycles. The molecule has 0 atom stereocenters. The second-order valence-corrected chi connectivity index (χ2v) is 17.4. The summed E-state index contributed by atoms with van der Waals surface area (Å²) in [6.07, 6.45) is 3.61. The number of fused-ring (bicyclic) bond motifs is 4. The van der Waals surface area contributed by atoms with Crippen molar-refractivity contribution in [1.82, 2.24) is 0 Å². The van der Waals surface area contributed by atoms with E-state index in [0.717, 1.165) is 85.6 Å². The van der Waals surface area contributed by atoms with Gasteiger partial charge in [-0.1, -0.05) is 147 Å². The summed E-state index contributed by atoms with van der Waals surface area (Å²) < 4.78 is 6.34. The van der Waals surface area contributed by atoms with Crippen LogP contribution in [-0.4, -0.2) is 21.4 Å². The number of benzene rings is 9. The van der Waals surface area contributed by atoms with Gasteiger partial charge in [0.25, 0.3) is 0 Å². The summed E-state index contributed by atoms with van der Waals surface area (Å²) in [7, 11) is 0. The Bertz CT molecular complexity index is 3050. The lowest BCUT2D eigenvalue weighted by molar-refractivity contribution is 0.243. The van der Waals surface area contributed by atoms with Gasteiger partial charge < -0.3 is 20.1 Å². The van der Waals surface area contributed by atoms with Crippen molar-refractivity contribution in [1.29, 1.82) is 0 Å². The molecule has 0 aliphatic heterocycles. The molecule has 0 saturated heterocycles. The second kappa shape index (κ2) is 15.8. The van der Waals surface area contributed by atoms with Crippen LogP contribution in [0.15, 0.2) is 158 Å². The predicted octanol–water partition coefficient (Wildman–Crippen LogP) is 14.1. The molecule has 298 valence electrons. The van der Waals surface area contributed by atoms with E-state index in [9.17, 15) is 15.3 Å². The highest BCUT2D eigenvalue weighted by Gasteiger charge is 2.23. The van der Waals surface area contributed by atoms with Crippen LogP contribution in [-0.2, 0) is 25.7 Å². The first-order valence-electron chi connectivity index (χ1n) is 21.0. The lowest BCUT2D eigenvalue weighted by Crippen LogP contribution is -2.18. The number of hydrogen-bond donors (Lipinski definition) is 3. The molecular weight excluding hydrogens is 737 g/mol. The minimum absolute atomic E-state index is 0.0109. The zero-order valence-electron chi connectivity index (χ0n) is 34.7. The van der Waals surface area contributed by atoms with E-state index in [-0.39, 0.29) is 28.8 Å². The highest BCUT2D eigenvalue weighted by Crippen LogP contribution is 2.47. The standard InChI is InChI=1S/C56H50O4/c1-35(2)60-51-30-25-43-31-37(20-26-46(43)55(51)53-45-12-8-6-10-41(45)23-28-49(53)58)16-13-36-14-17-38(18-15-36)33-56(3,4)34-39-19-21-42-24-29-50(59)54(47(42)32-39)52-44-11-7-5-9-40(44)22-27-48(52)57/h5-12,14-15,17-32,35,57-59H,13,16,33-34H2,1-4H3. The maximum Gasteiger partial charge on any atom is 0.128 e. The van der Waals surface area contributed by atoms with Crippen molar-refractivity contribution in [3.8, 4) is 45.3 Å². The van der Waals surface area contributed by atoms with Gasteiger partial charge in [-0.25, -0.2) is 0 Å². The minimum atomic E-state index is -0.0272. The number of rotatable bonds is 11. The molecule has 9 rings (SSSR count). The quantitative estimate of drug-likeness (QED) is 0.122. The Hall–Kier alpha value is -6.78. The van der Waals surface area contributed by atoms with Crippen LogP contribution in [0, 0.1) is 5.41 Å². The number of ether oxygens (including phenoxy) is 1. The van der Waals surface area contributed by atoms with Crippen LogP contribution in [0.4, 0.5) is 0 Å². The number of aromatic hydroxyl groups is 3. The summed E-state index contributed by atoms with van der Waals surface area (Å²) in [6.45, 7) is 8.69. The highest BCUT2D eigenvalue weighted by atomic mass is 16.5. The normalized spacial score (nSPS) is 11.9. The molecule has 4 heteroatoms. The van der Waals surface area contributed by atoms with E-state index in [1.807, 2.05) is 74.5 Å². The van der Waals surface area contributed by atoms with Crippen LogP contribution in [0.3, 0.4) is 0 Å². The van der Waals surface area contributed by atoms with Gasteiger partial charge in [-0.05, 0) is 135 Å². The van der Waals surface area contributed by atoms with Gasteiger partial charge in [0.15, 0.2) is 0 Å². The van der Waals surface area contributed by atoms with E-state index in [0.29, 0.717) is 11.1 Å². The monoisotopic (exact) mass is 786 g/mol. The third kappa shape index (κ3) is 7.62. The second-order valence-electron chi connectivity index (χ2n) is 17.4. The molecule has 0 heterocycles. The Labute approximate surface area is 352 Å². The first-order chi connectivity index (χ1) is 29.0. The third-order valence-electron chi connectivity index (χ3n) is 11.9. The summed E-state index contributed by atoms with van der Waals surface area (Å²) >= 11 is 0. The molecule has 0 aromatic heterocycles. The van der Waals surface area contributed by atoms with Gasteiger partial charge in [-0.3, -0.25) is 0 Å². The van der Waals surface area contributed by atoms with Gasteiger partial charge in [0, 0.05) is 22.3 Å². The number of hydrogen-bond acceptors (Lipinski definition) is 4. The van der Waals surface area contributed by atoms with E-state index < -0.39 is 0 Å². The minimum Gasteiger partial charge on any atom is -0.507 e. The first-order valence-corrected chi connectivity index (χ1v) is 21.0. The first kappa shape index (κ1) is 38.7. The number of phenolic OH excluding ortho intramolecular Hbond substituents is 3. The summed E-state index contributed by atoms with van der Waals surface area (Å²) in [6, 6.07) is 53.7. The summed E-state index contributed by atoms with van der Waals surface area (Å²) in [5, 5.41) is 41.7. The van der Waals surface area contributed by atoms with E-state index in [1.165, 1.54) is 22.3 Å². The Kier molecular flexibility index (Phi) is 10.2. The van der Waals surface area contributed by atoms with Crippen LogP contribution in [0.1, 0.15) is 49.9 Å². The fraction of sp³-hybridized carbons (Fsp3) is 0.179. The fourth-order valence-corrected chi connectivity index (χ4v) is 9.18. The molecule has 0 fully saturated rings. The van der Waals surface area contributed by atoms with Gasteiger partial charge in [-0.2, -0.15) is 0 Å². The Balaban J connectivity index is 0.921. The van der Waals surface area contributed by atoms with Crippen molar-refractivity contribution in [3.63, 3.8) is 0 Å². The predicted molar refractivity (Wildman–Crippen MR) is 250 cm³/mol. The van der Waals surface area contributed by atoms with Crippen molar-refractivity contribution in [2.45, 2.75) is 59.5 Å². The number of aryl methyl sites for hydroxylation is 2. The smallest absolute Gasteiger partial charge is 0.128 e. The van der Waals surface area contributed by atoms with Crippen molar-refractivity contribution >= 4 is 43.1 Å². The molecule has 9 aromatic rings. The summed E-state index contributed by atoms with van der Waals surface area (Å²) in [5.74, 6) is 1.32. The van der Waals surface area contributed by atoms with Crippen LogP contribution >= 0.6 is 0 Å². The van der Waals surface area contributed by atoms with Gasteiger partial charge in [0.1, 0.15) is 23.0 Å². The van der Waals surface area contributed by atoms with E-state index in [4.69, 9.17) is 4.74 Å². The van der Waals surface area contributed by atoms with E-state index >= 15 is 0 Å². The number of phenols is 3. The fourth-order valence-electron chi connectivity index (χ4n) is 9.18. The summed E-state index contributed by atoms with van der Waals surface area (Å²) in [5.41, 5.74) is 8.08. The molecule has 3 N–H and O–H groups in total. The van der Waals surface area contributed by atoms with E-state index in [1.54, 1.807) is 18.2 Å². The van der Waals surface area contributed by atoms with Crippen LogP contribution < -0.4 is 4.74 Å². The SMILES string of the molecule is CC(C)Oc1ccc2cc(CCc3ccc(CC(C)(C)Cc4ccc5ccc(O)c(-c6c(O)ccc7ccccc67)c5c4)cc3)ccc2c1-c1c(O)ccc2ccccc12. The highest BCUT2D eigenvalue weighted by molar-refractivity contribution is 6.11. The average Bonchev–Trinajstić information content (AvgIpc) is 3.23. The van der Waals surface area contributed by atoms with Gasteiger partial charge >= 0.3 is 0 Å². The topological polar surface area (TPSA) is 69.9 Å². The molecule has 0 amide bonds. The molecule has 0 unspecified atom stereocenters. The average molecular weight is 787 g/mol. The van der Waals surface area contributed by atoms with Gasteiger partial charge in [-0.15, -0.1) is 0 Å². The molecule has 0 bridgehead atoms. The molecule has 0 aliphatic carbocycles. The zero-order chi connectivity index (χ0) is 41.5. The Morgan fingerprint density at radius 1 is 0.417 bits per heavy atom. The lowest BCUT2D eigenvalue weighted by atomic mass is 9.79. The lowest BCUT2D eigenvalue weighted by Gasteiger charge is -2.25. The van der Waals surface area contributed by atoms with Crippen molar-refractivity contribution in [3.05, 3.63) is 180 Å². The molecule has 0 aliphatic rings. The van der Waals surface area contributed by atoms with Crippen molar-refractivity contribution in [2.24, 2.45) is 5.41 Å². The van der Waals surface area contributed by atoms with Crippen LogP contribution in [0.25, 0.3) is 65.3 Å². The van der Waals surface area contributed by atoms with Gasteiger partial charge in [0.05, 0.1) is 6.10 Å². The van der Waals surface area contributed by atoms with Crippen LogP contribution in [0.2, 0.25) is 0 Å². The maximum atomic E-state index is 11.2. The molecule has 0 spiro atoms. The molecule has 0 saturated carbocycles. The molecule has 60 heavy (non-hydrogen) atoms. The molecule has 4 nitrogen and oxygen atoms in total. The largest absolute Gasteiger partial charge is 0.507 e. The summed E-state index contributed by atoms with van der Waals surface area (Å²) in [4.78, 5) is 0. The van der Waals surface area contributed by atoms with Crippen LogP contribution in [0.5, 0.6) is 23.0 Å². The Morgan fingerprint density at radius 3 is 1.50 bits per heavy atom.